The number of rotatable bonds is 2. The maximum atomic E-state index is 12.1. The molecule has 1 heterocycles. The fraction of sp³-hybridized carbons (Fsp3) is 0.250. The quantitative estimate of drug-likeness (QED) is 0.737. The van der Waals surface area contributed by atoms with Crippen LogP contribution in [0.25, 0.3) is 0 Å². The van der Waals surface area contributed by atoms with Crippen molar-refractivity contribution >= 4 is 5.78 Å². The fourth-order valence-corrected chi connectivity index (χ4v) is 0.831. The molecular formula is C8H7F3N2O. The Kier molecular flexibility index (Phi) is 2.85. The lowest BCUT2D eigenvalue weighted by Crippen LogP contribution is -2.15. The molecule has 0 radical (unpaired) electrons. The molecule has 2 N–H and O–H groups in total. The van der Waals surface area contributed by atoms with E-state index in [0.29, 0.717) is 6.20 Å². The number of nitrogens with two attached hydrogens (primary N) is 1. The molecule has 14 heavy (non-hydrogen) atoms. The van der Waals surface area contributed by atoms with Gasteiger partial charge in [0.15, 0.2) is 5.78 Å². The number of pyridine rings is 1. The molecular weight excluding hydrogens is 197 g/mol. The molecule has 1 aromatic rings. The van der Waals surface area contributed by atoms with E-state index in [2.05, 4.69) is 4.98 Å². The summed E-state index contributed by atoms with van der Waals surface area (Å²) in [5.41, 5.74) is 4.08. The monoisotopic (exact) mass is 204 g/mol. The molecule has 0 aliphatic rings. The molecule has 0 amide bonds. The molecule has 6 heteroatoms. The van der Waals surface area contributed by atoms with Crippen LogP contribution in [-0.2, 0) is 6.18 Å². The van der Waals surface area contributed by atoms with Crippen molar-refractivity contribution in [3.8, 4) is 0 Å². The van der Waals surface area contributed by atoms with Crippen LogP contribution in [0.2, 0.25) is 0 Å². The molecule has 0 aliphatic heterocycles. The molecule has 0 spiro atoms. The van der Waals surface area contributed by atoms with Crippen molar-refractivity contribution in [3.63, 3.8) is 0 Å². The number of aromatic nitrogens is 1. The smallest absolute Gasteiger partial charge is 0.324 e. The Morgan fingerprint density at radius 3 is 2.43 bits per heavy atom. The van der Waals surface area contributed by atoms with Gasteiger partial charge in [0.2, 0.25) is 0 Å². The molecule has 0 aromatic carbocycles. The highest BCUT2D eigenvalue weighted by molar-refractivity contribution is 5.95. The molecule has 76 valence electrons. The summed E-state index contributed by atoms with van der Waals surface area (Å²) in [6, 6.07) is 1.81. The lowest BCUT2D eigenvalue weighted by atomic mass is 10.2. The zero-order valence-electron chi connectivity index (χ0n) is 7.01. The second-order valence-corrected chi connectivity index (χ2v) is 2.56. The Hall–Kier alpha value is -1.43. The number of carbonyl (C=O) groups excluding carboxylic acids is 1. The number of hydrogen-bond acceptors (Lipinski definition) is 3. The van der Waals surface area contributed by atoms with Gasteiger partial charge in [-0.05, 0) is 12.1 Å². The van der Waals surface area contributed by atoms with Crippen LogP contribution in [-0.4, -0.2) is 17.3 Å². The van der Waals surface area contributed by atoms with E-state index in [0.717, 1.165) is 12.1 Å². The van der Waals surface area contributed by atoms with Crippen LogP contribution < -0.4 is 5.73 Å². The van der Waals surface area contributed by atoms with Crippen molar-refractivity contribution in [3.05, 3.63) is 29.6 Å². The van der Waals surface area contributed by atoms with Gasteiger partial charge in [0.1, 0.15) is 5.69 Å². The Bertz CT molecular complexity index is 331. The van der Waals surface area contributed by atoms with Crippen LogP contribution >= 0.6 is 0 Å². The fourth-order valence-electron chi connectivity index (χ4n) is 0.831. The second kappa shape index (κ2) is 3.75. The van der Waals surface area contributed by atoms with Crippen LogP contribution in [0.3, 0.4) is 0 Å². The number of nitrogens with zero attached hydrogens (tertiary/aromatic N) is 1. The van der Waals surface area contributed by atoms with E-state index >= 15 is 0 Å². The van der Waals surface area contributed by atoms with E-state index in [9.17, 15) is 18.0 Å². The predicted octanol–water partition coefficient (Wildman–Crippen LogP) is 1.24. The van der Waals surface area contributed by atoms with E-state index in [1.54, 1.807) is 0 Å². The Labute approximate surface area is 77.7 Å². The van der Waals surface area contributed by atoms with Crippen LogP contribution in [0.1, 0.15) is 16.1 Å². The first-order chi connectivity index (χ1) is 6.45. The van der Waals surface area contributed by atoms with E-state index < -0.39 is 17.5 Å². The van der Waals surface area contributed by atoms with Crippen LogP contribution in [0, 0.1) is 0 Å². The second-order valence-electron chi connectivity index (χ2n) is 2.56. The maximum Gasteiger partial charge on any atom is 0.417 e. The highest BCUT2D eigenvalue weighted by atomic mass is 19.4. The molecule has 0 atom stereocenters. The van der Waals surface area contributed by atoms with Crippen LogP contribution in [0.4, 0.5) is 13.2 Å². The molecule has 1 rings (SSSR count). The van der Waals surface area contributed by atoms with Gasteiger partial charge in [-0.1, -0.05) is 0 Å². The third kappa shape index (κ3) is 2.29. The molecule has 1 aromatic heterocycles. The maximum absolute atomic E-state index is 12.1. The number of Topliss-reactive ketones (excluding diaryl/α,β-unsaturated/α-hetero) is 1. The Morgan fingerprint density at radius 2 is 2.07 bits per heavy atom. The molecule has 0 fully saturated rings. The number of ketones is 1. The summed E-state index contributed by atoms with van der Waals surface area (Å²) in [5.74, 6) is -0.487. The first-order valence-corrected chi connectivity index (χ1v) is 3.71. The van der Waals surface area contributed by atoms with E-state index in [-0.39, 0.29) is 12.2 Å². The number of hydrogen-bond donors (Lipinski definition) is 1. The van der Waals surface area contributed by atoms with Crippen molar-refractivity contribution in [2.45, 2.75) is 6.18 Å². The number of carbonyl (C=O) groups is 1. The van der Waals surface area contributed by atoms with Gasteiger partial charge in [-0.3, -0.25) is 9.78 Å². The summed E-state index contributed by atoms with van der Waals surface area (Å²) in [6.45, 7) is -0.266. The third-order valence-corrected chi connectivity index (χ3v) is 1.56. The van der Waals surface area contributed by atoms with Gasteiger partial charge in [-0.25, -0.2) is 0 Å². The van der Waals surface area contributed by atoms with Gasteiger partial charge in [0.25, 0.3) is 0 Å². The first kappa shape index (κ1) is 10.6. The summed E-state index contributed by atoms with van der Waals surface area (Å²) >= 11 is 0. The lowest BCUT2D eigenvalue weighted by molar-refractivity contribution is -0.137. The largest absolute Gasteiger partial charge is 0.417 e. The molecule has 0 saturated heterocycles. The van der Waals surface area contributed by atoms with Gasteiger partial charge in [0.05, 0.1) is 12.1 Å². The summed E-state index contributed by atoms with van der Waals surface area (Å²) < 4.78 is 36.2. The molecule has 0 saturated carbocycles. The first-order valence-electron chi connectivity index (χ1n) is 3.71. The zero-order valence-corrected chi connectivity index (χ0v) is 7.01. The third-order valence-electron chi connectivity index (χ3n) is 1.56. The summed E-state index contributed by atoms with van der Waals surface area (Å²) in [7, 11) is 0. The number of alkyl halides is 3. The van der Waals surface area contributed by atoms with E-state index in [1.807, 2.05) is 0 Å². The zero-order chi connectivity index (χ0) is 10.8. The van der Waals surface area contributed by atoms with Crippen molar-refractivity contribution in [1.82, 2.24) is 4.98 Å². The molecule has 3 nitrogen and oxygen atoms in total. The summed E-state index contributed by atoms with van der Waals surface area (Å²) in [5, 5.41) is 0. The highest BCUT2D eigenvalue weighted by Gasteiger charge is 2.30. The predicted molar refractivity (Wildman–Crippen MR) is 42.6 cm³/mol. The minimum Gasteiger partial charge on any atom is -0.324 e. The van der Waals surface area contributed by atoms with Crippen LogP contribution in [0.15, 0.2) is 18.3 Å². The Morgan fingerprint density at radius 1 is 1.43 bits per heavy atom. The minimum atomic E-state index is -4.43. The van der Waals surface area contributed by atoms with Crippen molar-refractivity contribution in [2.75, 3.05) is 6.54 Å². The van der Waals surface area contributed by atoms with E-state index in [1.165, 1.54) is 0 Å². The van der Waals surface area contributed by atoms with Crippen molar-refractivity contribution in [2.24, 2.45) is 5.73 Å². The molecule has 0 unspecified atom stereocenters. The number of halogens is 3. The van der Waals surface area contributed by atoms with Gasteiger partial charge in [-0.15, -0.1) is 0 Å². The van der Waals surface area contributed by atoms with Crippen molar-refractivity contribution in [1.29, 1.82) is 0 Å². The SMILES string of the molecule is NCC(=O)c1ccc(C(F)(F)F)cn1. The molecule has 0 bridgehead atoms. The summed E-state index contributed by atoms with van der Waals surface area (Å²) in [6.07, 6.45) is -3.82. The Balaban J connectivity index is 2.95. The van der Waals surface area contributed by atoms with E-state index in [4.69, 9.17) is 5.73 Å². The molecule has 0 aliphatic carbocycles. The normalized spacial score (nSPS) is 11.4. The lowest BCUT2D eigenvalue weighted by Gasteiger charge is -2.05. The van der Waals surface area contributed by atoms with Crippen molar-refractivity contribution < 1.29 is 18.0 Å². The van der Waals surface area contributed by atoms with Crippen LogP contribution in [0.5, 0.6) is 0 Å². The summed E-state index contributed by atoms with van der Waals surface area (Å²) in [4.78, 5) is 14.3. The standard InChI is InChI=1S/C8H7F3N2O/c9-8(10,11)5-1-2-6(13-4-5)7(14)3-12/h1-2,4H,3,12H2. The average Bonchev–Trinajstić information content (AvgIpc) is 2.15. The average molecular weight is 204 g/mol. The minimum absolute atomic E-state index is 0.0551. The topological polar surface area (TPSA) is 56.0 Å². The highest BCUT2D eigenvalue weighted by Crippen LogP contribution is 2.28. The van der Waals surface area contributed by atoms with Gasteiger partial charge in [-0.2, -0.15) is 13.2 Å². The van der Waals surface area contributed by atoms with Gasteiger partial charge in [0, 0.05) is 6.20 Å². The van der Waals surface area contributed by atoms with Gasteiger partial charge < -0.3 is 5.73 Å². The van der Waals surface area contributed by atoms with Gasteiger partial charge >= 0.3 is 6.18 Å².